The number of halogens is 1. The van der Waals surface area contributed by atoms with Gasteiger partial charge in [-0.05, 0) is 29.8 Å². The summed E-state index contributed by atoms with van der Waals surface area (Å²) < 4.78 is 12.1. The molecular formula is C24H29ClN2O7. The summed E-state index contributed by atoms with van der Waals surface area (Å²) in [6.07, 6.45) is -0.496. The molecule has 4 unspecified atom stereocenters. The largest absolute Gasteiger partial charge is 0.497 e. The number of nitrogens with zero attached hydrogens (tertiary/aromatic N) is 1. The molecule has 1 aromatic heterocycles. The Morgan fingerprint density at radius 2 is 1.88 bits per heavy atom. The van der Waals surface area contributed by atoms with Crippen molar-refractivity contribution in [2.75, 3.05) is 20.3 Å². The zero-order valence-electron chi connectivity index (χ0n) is 18.7. The van der Waals surface area contributed by atoms with E-state index in [2.05, 4.69) is 0 Å². The van der Waals surface area contributed by atoms with Gasteiger partial charge in [-0.25, -0.2) is 0 Å². The molecule has 0 saturated carbocycles. The van der Waals surface area contributed by atoms with Crippen molar-refractivity contribution in [1.29, 1.82) is 0 Å². The van der Waals surface area contributed by atoms with Gasteiger partial charge >= 0.3 is 0 Å². The number of carbonyl (C=O) groups is 1. The molecule has 1 saturated heterocycles. The van der Waals surface area contributed by atoms with Crippen molar-refractivity contribution in [3.8, 4) is 5.75 Å². The van der Waals surface area contributed by atoms with Gasteiger partial charge in [0.2, 0.25) is 0 Å². The minimum absolute atomic E-state index is 0.230. The lowest BCUT2D eigenvalue weighted by Crippen LogP contribution is -2.46. The summed E-state index contributed by atoms with van der Waals surface area (Å²) >= 11 is 5.91. The summed E-state index contributed by atoms with van der Waals surface area (Å²) in [6, 6.07) is 13.2. The van der Waals surface area contributed by atoms with E-state index >= 15 is 0 Å². The Kier molecular flexibility index (Phi) is 8.90. The van der Waals surface area contributed by atoms with Crippen LogP contribution in [0.25, 0.3) is 10.9 Å². The molecule has 1 fully saturated rings. The summed E-state index contributed by atoms with van der Waals surface area (Å²) in [5, 5.41) is 37.4. The fourth-order valence-electron chi connectivity index (χ4n) is 3.83. The van der Waals surface area contributed by atoms with E-state index in [-0.39, 0.29) is 19.6 Å². The average molecular weight is 493 g/mol. The molecule has 184 valence electrons. The molecule has 1 aliphatic heterocycles. The molecule has 2 heterocycles. The van der Waals surface area contributed by atoms with Gasteiger partial charge in [0, 0.05) is 35.6 Å². The maximum atomic E-state index is 11.6. The Hall–Kier alpha value is -2.66. The van der Waals surface area contributed by atoms with Crippen LogP contribution < -0.4 is 10.5 Å². The quantitative estimate of drug-likeness (QED) is 0.350. The van der Waals surface area contributed by atoms with Crippen molar-refractivity contribution in [2.24, 2.45) is 11.7 Å². The minimum atomic E-state index is -1.18. The molecule has 9 nitrogen and oxygen atoms in total. The van der Waals surface area contributed by atoms with E-state index < -0.39 is 30.3 Å². The number of nitrogens with two attached hydrogens (primary N) is 1. The molecule has 34 heavy (non-hydrogen) atoms. The summed E-state index contributed by atoms with van der Waals surface area (Å²) in [7, 11) is 1.61. The lowest BCUT2D eigenvalue weighted by atomic mass is 9.94. The zero-order valence-corrected chi connectivity index (χ0v) is 19.4. The molecule has 0 bridgehead atoms. The molecule has 1 aliphatic rings. The van der Waals surface area contributed by atoms with Crippen LogP contribution >= 0.6 is 11.6 Å². The van der Waals surface area contributed by atoms with Crippen molar-refractivity contribution in [2.45, 2.75) is 31.5 Å². The van der Waals surface area contributed by atoms with E-state index in [9.17, 15) is 15.0 Å². The van der Waals surface area contributed by atoms with Gasteiger partial charge < -0.3 is 40.2 Å². The van der Waals surface area contributed by atoms with Gasteiger partial charge in [0.15, 0.2) is 6.29 Å². The number of hydrogen-bond acceptors (Lipinski definition) is 7. The zero-order chi connectivity index (χ0) is 24.8. The number of benzene rings is 2. The third-order valence-electron chi connectivity index (χ3n) is 5.73. The Balaban J connectivity index is 0.000000229. The summed E-state index contributed by atoms with van der Waals surface area (Å²) in [5.41, 5.74) is 7.97. The second-order valence-electron chi connectivity index (χ2n) is 8.03. The number of amides is 1. The van der Waals surface area contributed by atoms with E-state index in [0.29, 0.717) is 17.1 Å². The lowest BCUT2D eigenvalue weighted by Gasteiger charge is -2.35. The van der Waals surface area contributed by atoms with Crippen LogP contribution in [0.5, 0.6) is 5.75 Å². The second-order valence-corrected chi connectivity index (χ2v) is 8.46. The van der Waals surface area contributed by atoms with Gasteiger partial charge in [-0.2, -0.15) is 0 Å². The molecule has 0 radical (unpaired) electrons. The summed E-state index contributed by atoms with van der Waals surface area (Å²) in [6.45, 7) is 0.0703. The standard InChI is InChI=1S/C17H15ClN2O2.C7H14O5/c1-22-13-6-7-14-15(17(19)21)10-20(16(14)8-13)9-11-2-4-12(18)5-3-11;8-2-4-1-6(10)5(3-9)7(11)12-4/h2-8,10H,9H2,1H3,(H2,19,21);4-11H,1-3H2. The summed E-state index contributed by atoms with van der Waals surface area (Å²) in [4.78, 5) is 11.6. The monoisotopic (exact) mass is 492 g/mol. The van der Waals surface area contributed by atoms with Crippen LogP contribution in [0.1, 0.15) is 22.3 Å². The molecule has 2 aromatic carbocycles. The van der Waals surface area contributed by atoms with Gasteiger partial charge in [0.1, 0.15) is 5.75 Å². The first-order valence-corrected chi connectivity index (χ1v) is 11.1. The number of aliphatic hydroxyl groups excluding tert-OH is 4. The molecular weight excluding hydrogens is 464 g/mol. The Morgan fingerprint density at radius 1 is 1.18 bits per heavy atom. The SMILES string of the molecule is COc1ccc2c(C(N)=O)cn(Cc3ccc(Cl)cc3)c2c1.OCC1CC(O)C(CO)C(O)O1. The molecule has 10 heteroatoms. The van der Waals surface area contributed by atoms with Gasteiger partial charge in [-0.15, -0.1) is 0 Å². The molecule has 3 aromatic rings. The highest BCUT2D eigenvalue weighted by molar-refractivity contribution is 6.30. The average Bonchev–Trinajstić information content (AvgIpc) is 3.18. The van der Waals surface area contributed by atoms with Crippen molar-refractivity contribution in [3.63, 3.8) is 0 Å². The molecule has 1 amide bonds. The summed E-state index contributed by atoms with van der Waals surface area (Å²) in [5.74, 6) is -0.364. The molecule has 0 aliphatic carbocycles. The fraction of sp³-hybridized carbons (Fsp3) is 0.375. The van der Waals surface area contributed by atoms with E-state index in [1.807, 2.05) is 47.0 Å². The predicted octanol–water partition coefficient (Wildman–Crippen LogP) is 1.51. The van der Waals surface area contributed by atoms with Crippen molar-refractivity contribution in [1.82, 2.24) is 4.57 Å². The predicted molar refractivity (Wildman–Crippen MR) is 127 cm³/mol. The molecule has 0 spiro atoms. The van der Waals surface area contributed by atoms with Crippen LogP contribution in [0.2, 0.25) is 5.02 Å². The van der Waals surface area contributed by atoms with Crippen LogP contribution in [0.3, 0.4) is 0 Å². The van der Waals surface area contributed by atoms with E-state index in [1.165, 1.54) is 0 Å². The smallest absolute Gasteiger partial charge is 0.250 e. The number of ether oxygens (including phenoxy) is 2. The van der Waals surface area contributed by atoms with Gasteiger partial charge in [0.25, 0.3) is 5.91 Å². The number of carbonyl (C=O) groups excluding carboxylic acids is 1. The van der Waals surface area contributed by atoms with Crippen molar-refractivity contribution < 1.29 is 34.7 Å². The first-order chi connectivity index (χ1) is 16.3. The number of primary amides is 1. The van der Waals surface area contributed by atoms with Crippen molar-refractivity contribution >= 4 is 28.4 Å². The maximum Gasteiger partial charge on any atom is 0.250 e. The highest BCUT2D eigenvalue weighted by Crippen LogP contribution is 2.27. The number of fused-ring (bicyclic) bond motifs is 1. The molecule has 4 atom stereocenters. The van der Waals surface area contributed by atoms with Crippen LogP contribution in [0.4, 0.5) is 0 Å². The Morgan fingerprint density at radius 3 is 2.44 bits per heavy atom. The van der Waals surface area contributed by atoms with Crippen LogP contribution in [0.15, 0.2) is 48.7 Å². The van der Waals surface area contributed by atoms with Gasteiger partial charge in [-0.1, -0.05) is 23.7 Å². The van der Waals surface area contributed by atoms with Gasteiger partial charge in [0.05, 0.1) is 49.5 Å². The second kappa shape index (κ2) is 11.7. The van der Waals surface area contributed by atoms with E-state index in [4.69, 9.17) is 37.0 Å². The van der Waals surface area contributed by atoms with Crippen LogP contribution in [0, 0.1) is 5.92 Å². The Bertz CT molecular complexity index is 1090. The number of hydrogen-bond donors (Lipinski definition) is 5. The van der Waals surface area contributed by atoms with Crippen LogP contribution in [-0.4, -0.2) is 69.7 Å². The van der Waals surface area contributed by atoms with Crippen LogP contribution in [-0.2, 0) is 11.3 Å². The highest BCUT2D eigenvalue weighted by atomic mass is 35.5. The molecule has 4 rings (SSSR count). The highest BCUT2D eigenvalue weighted by Gasteiger charge is 2.35. The lowest BCUT2D eigenvalue weighted by molar-refractivity contribution is -0.237. The normalized spacial score (nSPS) is 22.2. The fourth-order valence-corrected chi connectivity index (χ4v) is 3.96. The number of aromatic nitrogens is 1. The third-order valence-corrected chi connectivity index (χ3v) is 5.98. The topological polar surface area (TPSA) is 147 Å². The Labute approximate surface area is 201 Å². The first kappa shape index (κ1) is 26.0. The minimum Gasteiger partial charge on any atom is -0.497 e. The van der Waals surface area contributed by atoms with Gasteiger partial charge in [-0.3, -0.25) is 4.79 Å². The third kappa shape index (κ3) is 6.06. The first-order valence-electron chi connectivity index (χ1n) is 10.7. The number of rotatable bonds is 6. The maximum absolute atomic E-state index is 11.6. The van der Waals surface area contributed by atoms with Crippen molar-refractivity contribution in [3.05, 3.63) is 64.8 Å². The van der Waals surface area contributed by atoms with E-state index in [0.717, 1.165) is 22.2 Å². The number of methoxy groups -OCH3 is 1. The molecule has 6 N–H and O–H groups in total. The number of aliphatic hydroxyl groups is 4. The van der Waals surface area contributed by atoms with E-state index in [1.54, 1.807) is 13.3 Å².